The first kappa shape index (κ1) is 19.2. The molecule has 0 atom stereocenters. The van der Waals surface area contributed by atoms with Gasteiger partial charge in [0.1, 0.15) is 16.3 Å². The zero-order valence-corrected chi connectivity index (χ0v) is 15.7. The van der Waals surface area contributed by atoms with Gasteiger partial charge in [0, 0.05) is 0 Å². The highest BCUT2D eigenvalue weighted by molar-refractivity contribution is 7.86. The highest BCUT2D eigenvalue weighted by atomic mass is 32.2. The van der Waals surface area contributed by atoms with E-state index in [9.17, 15) is 13.2 Å². The van der Waals surface area contributed by atoms with Gasteiger partial charge in [0.2, 0.25) is 0 Å². The zero-order valence-electron chi connectivity index (χ0n) is 14.8. The molecule has 0 spiro atoms. The number of rotatable bonds is 5. The second-order valence-electron chi connectivity index (χ2n) is 5.79. The van der Waals surface area contributed by atoms with Crippen LogP contribution in [0, 0.1) is 6.92 Å². The van der Waals surface area contributed by atoms with Gasteiger partial charge >= 0.3 is 16.1 Å². The molecule has 0 radical (unpaired) electrons. The summed E-state index contributed by atoms with van der Waals surface area (Å²) in [5.41, 5.74) is 1.95. The highest BCUT2D eigenvalue weighted by Gasteiger charge is 2.15. The van der Waals surface area contributed by atoms with Gasteiger partial charge in [0.05, 0.1) is 5.56 Å². The molecule has 0 amide bonds. The third kappa shape index (κ3) is 5.01. The number of carbonyl (C=O) groups is 1. The lowest BCUT2D eigenvalue weighted by Gasteiger charge is -2.04. The Kier molecular flexibility index (Phi) is 5.81. The number of hydrogen-bond acceptors (Lipinski definition) is 7. The van der Waals surface area contributed by atoms with Crippen molar-refractivity contribution in [1.29, 1.82) is 0 Å². The van der Waals surface area contributed by atoms with Gasteiger partial charge in [-0.3, -0.25) is 4.28 Å². The van der Waals surface area contributed by atoms with E-state index in [1.807, 2.05) is 6.92 Å². The SMILES string of the molecule is Cc1ccc(S(=O)(=O)ON=C2C=CC(=NOC(=O)c3ccccc3)C=C2)cc1. The molecule has 0 aliphatic heterocycles. The molecule has 0 unspecified atom stereocenters. The fraction of sp³-hybridized carbons (Fsp3) is 0.0500. The van der Waals surface area contributed by atoms with Crippen molar-refractivity contribution in [2.45, 2.75) is 11.8 Å². The van der Waals surface area contributed by atoms with Crippen LogP contribution in [0.4, 0.5) is 0 Å². The standard InChI is InChI=1S/C20H16N2O5S/c1-15-7-13-19(14-8-15)28(24,25)27-22-18-11-9-17(10-12-18)21-26-20(23)16-5-3-2-4-6-16/h2-14H,1H3. The first-order chi connectivity index (χ1) is 13.4. The second-order valence-corrected chi connectivity index (χ2v) is 7.31. The molecule has 0 N–H and O–H groups in total. The van der Waals surface area contributed by atoms with Gasteiger partial charge in [-0.2, -0.15) is 8.42 Å². The first-order valence-electron chi connectivity index (χ1n) is 8.23. The van der Waals surface area contributed by atoms with Crippen molar-refractivity contribution in [1.82, 2.24) is 0 Å². The van der Waals surface area contributed by atoms with Crippen molar-refractivity contribution in [3.8, 4) is 0 Å². The Morgan fingerprint density at radius 1 is 0.821 bits per heavy atom. The Bertz CT molecular complexity index is 1070. The molecule has 2 aromatic carbocycles. The van der Waals surface area contributed by atoms with Crippen molar-refractivity contribution in [2.75, 3.05) is 0 Å². The maximum atomic E-state index is 12.1. The lowest BCUT2D eigenvalue weighted by atomic mass is 10.1. The zero-order chi connectivity index (χ0) is 20.0. The van der Waals surface area contributed by atoms with E-state index in [-0.39, 0.29) is 10.6 Å². The van der Waals surface area contributed by atoms with E-state index in [1.165, 1.54) is 36.4 Å². The summed E-state index contributed by atoms with van der Waals surface area (Å²) < 4.78 is 28.9. The summed E-state index contributed by atoms with van der Waals surface area (Å²) in [6.07, 6.45) is 6.00. The molecule has 3 rings (SSSR count). The molecule has 8 heteroatoms. The van der Waals surface area contributed by atoms with Gasteiger partial charge in [0.15, 0.2) is 0 Å². The van der Waals surface area contributed by atoms with Crippen molar-refractivity contribution in [2.24, 2.45) is 10.3 Å². The molecule has 0 heterocycles. The molecule has 0 fully saturated rings. The van der Waals surface area contributed by atoms with Crippen molar-refractivity contribution in [3.05, 3.63) is 90.0 Å². The summed E-state index contributed by atoms with van der Waals surface area (Å²) in [4.78, 5) is 16.7. The van der Waals surface area contributed by atoms with E-state index in [0.29, 0.717) is 11.3 Å². The van der Waals surface area contributed by atoms with Crippen LogP contribution in [0.2, 0.25) is 0 Å². The molecule has 0 aromatic heterocycles. The van der Waals surface area contributed by atoms with Crippen LogP contribution < -0.4 is 0 Å². The fourth-order valence-electron chi connectivity index (χ4n) is 2.14. The molecule has 2 aromatic rings. The van der Waals surface area contributed by atoms with E-state index >= 15 is 0 Å². The van der Waals surface area contributed by atoms with Gasteiger partial charge in [-0.25, -0.2) is 4.79 Å². The topological polar surface area (TPSA) is 94.4 Å². The molecule has 0 bridgehead atoms. The summed E-state index contributed by atoms with van der Waals surface area (Å²) in [6.45, 7) is 1.85. The Morgan fingerprint density at radius 3 is 2.00 bits per heavy atom. The fourth-order valence-corrected chi connectivity index (χ4v) is 2.88. The third-order valence-corrected chi connectivity index (χ3v) is 4.76. The van der Waals surface area contributed by atoms with Crippen LogP contribution in [-0.4, -0.2) is 25.8 Å². The molecule has 142 valence electrons. The van der Waals surface area contributed by atoms with E-state index < -0.39 is 16.1 Å². The Hall–Kier alpha value is -3.52. The average Bonchev–Trinajstić information content (AvgIpc) is 2.72. The van der Waals surface area contributed by atoms with Crippen LogP contribution in [0.15, 0.2) is 94.1 Å². The van der Waals surface area contributed by atoms with Gasteiger partial charge in [0.25, 0.3) is 0 Å². The van der Waals surface area contributed by atoms with E-state index in [0.717, 1.165) is 5.56 Å². The number of nitrogens with zero attached hydrogens (tertiary/aromatic N) is 2. The maximum Gasteiger partial charge on any atom is 0.365 e. The summed E-state index contributed by atoms with van der Waals surface area (Å²) in [7, 11) is -4.00. The molecular formula is C20H16N2O5S. The van der Waals surface area contributed by atoms with Gasteiger partial charge in [-0.05, 0) is 55.5 Å². The van der Waals surface area contributed by atoms with Crippen LogP contribution in [0.5, 0.6) is 0 Å². The van der Waals surface area contributed by atoms with E-state index in [1.54, 1.807) is 42.5 Å². The average molecular weight is 396 g/mol. The smallest absolute Gasteiger partial charge is 0.312 e. The maximum absolute atomic E-state index is 12.1. The van der Waals surface area contributed by atoms with Crippen LogP contribution >= 0.6 is 0 Å². The van der Waals surface area contributed by atoms with Gasteiger partial charge < -0.3 is 4.84 Å². The predicted molar refractivity (Wildman–Crippen MR) is 104 cm³/mol. The van der Waals surface area contributed by atoms with Gasteiger partial charge in [-0.15, -0.1) is 0 Å². The first-order valence-corrected chi connectivity index (χ1v) is 9.64. The quantitative estimate of drug-likeness (QED) is 0.439. The molecule has 1 aliphatic carbocycles. The van der Waals surface area contributed by atoms with Crippen molar-refractivity contribution < 1.29 is 22.3 Å². The van der Waals surface area contributed by atoms with Crippen LogP contribution in [-0.2, 0) is 19.2 Å². The normalized spacial score (nSPS) is 13.2. The molecule has 0 saturated carbocycles. The number of allylic oxidation sites excluding steroid dienone is 4. The summed E-state index contributed by atoms with van der Waals surface area (Å²) in [5.74, 6) is -0.582. The number of benzene rings is 2. The molecule has 28 heavy (non-hydrogen) atoms. The number of oxime groups is 2. The van der Waals surface area contributed by atoms with Crippen molar-refractivity contribution >= 4 is 27.5 Å². The monoisotopic (exact) mass is 396 g/mol. The van der Waals surface area contributed by atoms with Crippen molar-refractivity contribution in [3.63, 3.8) is 0 Å². The van der Waals surface area contributed by atoms with Crippen LogP contribution in [0.3, 0.4) is 0 Å². The lowest BCUT2D eigenvalue weighted by molar-refractivity contribution is 0.0517. The third-order valence-electron chi connectivity index (χ3n) is 3.64. The Morgan fingerprint density at radius 2 is 1.39 bits per heavy atom. The van der Waals surface area contributed by atoms with E-state index in [2.05, 4.69) is 10.3 Å². The molecule has 1 aliphatic rings. The summed E-state index contributed by atoms with van der Waals surface area (Å²) in [6, 6.07) is 14.7. The summed E-state index contributed by atoms with van der Waals surface area (Å²) in [5, 5.41) is 7.36. The minimum Gasteiger partial charge on any atom is -0.312 e. The summed E-state index contributed by atoms with van der Waals surface area (Å²) >= 11 is 0. The number of hydrogen-bond donors (Lipinski definition) is 0. The molecule has 0 saturated heterocycles. The largest absolute Gasteiger partial charge is 0.365 e. The van der Waals surface area contributed by atoms with Gasteiger partial charge in [-0.1, -0.05) is 46.2 Å². The lowest BCUT2D eigenvalue weighted by Crippen LogP contribution is -2.07. The number of carbonyl (C=O) groups excluding carboxylic acids is 1. The highest BCUT2D eigenvalue weighted by Crippen LogP contribution is 2.14. The predicted octanol–water partition coefficient (Wildman–Crippen LogP) is 3.40. The Balaban J connectivity index is 1.61. The van der Waals surface area contributed by atoms with Crippen LogP contribution in [0.1, 0.15) is 15.9 Å². The van der Waals surface area contributed by atoms with E-state index in [4.69, 9.17) is 9.12 Å². The molecule has 7 nitrogen and oxygen atoms in total. The van der Waals surface area contributed by atoms with Crippen LogP contribution in [0.25, 0.3) is 0 Å². The second kappa shape index (κ2) is 8.45. The Labute approximate surface area is 162 Å². The minimum absolute atomic E-state index is 0.0151. The minimum atomic E-state index is -4.00. The number of aryl methyl sites for hydroxylation is 1. The molecular weight excluding hydrogens is 380 g/mol.